The van der Waals surface area contributed by atoms with E-state index in [9.17, 15) is 9.00 Å². The minimum Gasteiger partial charge on any atom is -0.342 e. The number of nitrogens with zero attached hydrogens (tertiary/aromatic N) is 3. The van der Waals surface area contributed by atoms with Gasteiger partial charge in [-0.05, 0) is 61.6 Å². The number of hydrogen-bond donors (Lipinski definition) is 1. The highest BCUT2D eigenvalue weighted by Crippen LogP contribution is 2.65. The number of aryl methyl sites for hydroxylation is 1. The number of benzene rings is 2. The Labute approximate surface area is 264 Å². The fourth-order valence-electron chi connectivity index (χ4n) is 7.66. The van der Waals surface area contributed by atoms with Gasteiger partial charge in [-0.2, -0.15) is 0 Å². The summed E-state index contributed by atoms with van der Waals surface area (Å²) in [6.45, 7) is 8.97. The van der Waals surface area contributed by atoms with E-state index in [2.05, 4.69) is 76.0 Å². The lowest BCUT2D eigenvalue weighted by molar-refractivity contribution is -0.138. The van der Waals surface area contributed by atoms with E-state index < -0.39 is 15.3 Å². The van der Waals surface area contributed by atoms with Gasteiger partial charge in [0.05, 0.1) is 11.1 Å². The van der Waals surface area contributed by atoms with Crippen molar-refractivity contribution in [3.8, 4) is 11.3 Å². The first-order chi connectivity index (χ1) is 21.2. The van der Waals surface area contributed by atoms with Gasteiger partial charge in [0.25, 0.3) is 0 Å². The van der Waals surface area contributed by atoms with Gasteiger partial charge in [0.2, 0.25) is 5.91 Å². The minimum atomic E-state index is -2.69. The molecule has 1 aromatic heterocycles. The standard InChI is InChI=1S/C37H50N4O2S/c1-6-7-8-9-10-12-18-32-30-21-20-28(27(2)38-44(5,43)39(3)4)24-34(30)41-26-37(36(42)40-22-15-11-16-23-40)25-33(37)29-17-13-14-19-31(29)35(32)41/h13-14,17,19-21,24,33H,2,5-12,15-16,18,22-23,25-26H2,1,3-4H3,(H,38,43). The number of carbonyl (C=O) groups excluding carboxylic acids is 1. The molecule has 1 saturated heterocycles. The summed E-state index contributed by atoms with van der Waals surface area (Å²) >= 11 is 0. The molecule has 3 heterocycles. The predicted octanol–water partition coefficient (Wildman–Crippen LogP) is 7.38. The number of piperidine rings is 1. The summed E-state index contributed by atoms with van der Waals surface area (Å²) in [7, 11) is 0.818. The number of amides is 1. The fraction of sp³-hybridized carbons (Fsp3) is 0.514. The molecule has 6 nitrogen and oxygen atoms in total. The zero-order chi connectivity index (χ0) is 31.1. The van der Waals surface area contributed by atoms with Crippen LogP contribution in [0.5, 0.6) is 0 Å². The van der Waals surface area contributed by atoms with Crippen LogP contribution in [-0.2, 0) is 27.7 Å². The molecule has 2 fully saturated rings. The summed E-state index contributed by atoms with van der Waals surface area (Å²) < 4.78 is 20.2. The first-order valence-corrected chi connectivity index (χ1v) is 18.4. The van der Waals surface area contributed by atoms with Crippen LogP contribution in [0, 0.1) is 5.41 Å². The van der Waals surface area contributed by atoms with Crippen molar-refractivity contribution >= 4 is 38.3 Å². The van der Waals surface area contributed by atoms with Crippen LogP contribution in [0.3, 0.4) is 0 Å². The second-order valence-electron chi connectivity index (χ2n) is 13.5. The quantitative estimate of drug-likeness (QED) is 0.171. The molecule has 1 amide bonds. The Morgan fingerprint density at radius 1 is 1.05 bits per heavy atom. The molecule has 3 unspecified atom stereocenters. The Morgan fingerprint density at radius 3 is 2.52 bits per heavy atom. The lowest BCUT2D eigenvalue weighted by Crippen LogP contribution is -2.42. The number of hydrogen-bond acceptors (Lipinski definition) is 2. The summed E-state index contributed by atoms with van der Waals surface area (Å²) in [6.07, 6.45) is 12.9. The normalized spacial score (nSPS) is 22.1. The van der Waals surface area contributed by atoms with E-state index in [0.29, 0.717) is 18.1 Å². The van der Waals surface area contributed by atoms with Gasteiger partial charge < -0.3 is 14.2 Å². The average Bonchev–Trinajstić information content (AvgIpc) is 3.70. The molecule has 44 heavy (non-hydrogen) atoms. The van der Waals surface area contributed by atoms with Crippen LogP contribution in [0.2, 0.25) is 0 Å². The molecule has 0 spiro atoms. The third-order valence-corrected chi connectivity index (χ3v) is 12.1. The lowest BCUT2D eigenvalue weighted by Gasteiger charge is -2.31. The topological polar surface area (TPSA) is 57.6 Å². The summed E-state index contributed by atoms with van der Waals surface area (Å²) in [5.74, 6) is 4.48. The number of nitrogens with one attached hydrogen (secondary N) is 1. The van der Waals surface area contributed by atoms with E-state index in [-0.39, 0.29) is 5.92 Å². The zero-order valence-electron chi connectivity index (χ0n) is 27.0. The molecule has 2 aromatic carbocycles. The van der Waals surface area contributed by atoms with Crippen LogP contribution >= 0.6 is 0 Å². The maximum atomic E-state index is 14.4. The summed E-state index contributed by atoms with van der Waals surface area (Å²) in [5.41, 5.74) is 7.51. The number of rotatable bonds is 12. The van der Waals surface area contributed by atoms with Gasteiger partial charge in [0.1, 0.15) is 9.89 Å². The van der Waals surface area contributed by atoms with Crippen molar-refractivity contribution < 1.29 is 9.00 Å². The Hall–Kier alpha value is -3.03. The second-order valence-corrected chi connectivity index (χ2v) is 15.8. The lowest BCUT2D eigenvalue weighted by atomic mass is 9.92. The van der Waals surface area contributed by atoms with E-state index in [0.717, 1.165) is 56.3 Å². The van der Waals surface area contributed by atoms with Crippen LogP contribution in [0.15, 0.2) is 49.0 Å². The molecule has 1 N–H and O–H groups in total. The molecule has 7 heteroatoms. The number of unbranched alkanes of at least 4 members (excludes halogenated alkanes) is 5. The van der Waals surface area contributed by atoms with E-state index >= 15 is 0 Å². The number of aromatic nitrogens is 1. The molecule has 0 radical (unpaired) electrons. The largest absolute Gasteiger partial charge is 0.342 e. The van der Waals surface area contributed by atoms with Crippen molar-refractivity contribution in [1.29, 1.82) is 0 Å². The maximum absolute atomic E-state index is 14.4. The SMILES string of the molecule is C=C(NS(=C)(=O)N(C)C)c1ccc2c(CCCCCCCC)c3n(c2c1)CC1(C(=O)N2CCCCC2)CC1c1ccccc1-3. The first kappa shape index (κ1) is 31.0. The third kappa shape index (κ3) is 5.62. The Bertz CT molecular complexity index is 1660. The van der Waals surface area contributed by atoms with Crippen molar-refractivity contribution in [2.75, 3.05) is 27.2 Å². The van der Waals surface area contributed by atoms with Gasteiger partial charge in [-0.25, -0.2) is 8.51 Å². The molecular formula is C37H50N4O2S. The second kappa shape index (κ2) is 12.4. The minimum absolute atomic E-state index is 0.251. The van der Waals surface area contributed by atoms with E-state index in [1.165, 1.54) is 66.3 Å². The summed E-state index contributed by atoms with van der Waals surface area (Å²) in [4.78, 5) is 16.5. The van der Waals surface area contributed by atoms with Crippen LogP contribution in [0.4, 0.5) is 0 Å². The third-order valence-electron chi connectivity index (χ3n) is 10.3. The van der Waals surface area contributed by atoms with Crippen molar-refractivity contribution in [3.63, 3.8) is 0 Å². The van der Waals surface area contributed by atoms with E-state index in [1.807, 2.05) is 0 Å². The van der Waals surface area contributed by atoms with Crippen LogP contribution < -0.4 is 4.72 Å². The van der Waals surface area contributed by atoms with Crippen LogP contribution in [0.25, 0.3) is 27.9 Å². The van der Waals surface area contributed by atoms with Gasteiger partial charge in [-0.3, -0.25) is 4.79 Å². The molecule has 3 atom stereocenters. The van der Waals surface area contributed by atoms with Gasteiger partial charge in [-0.1, -0.05) is 82.0 Å². The zero-order valence-corrected chi connectivity index (χ0v) is 27.8. The molecule has 3 aliphatic rings. The van der Waals surface area contributed by atoms with E-state index in [4.69, 9.17) is 0 Å². The van der Waals surface area contributed by atoms with Crippen molar-refractivity contribution in [1.82, 2.24) is 18.5 Å². The number of fused-ring (bicyclic) bond motifs is 7. The summed E-state index contributed by atoms with van der Waals surface area (Å²) in [6, 6.07) is 15.4. The Morgan fingerprint density at radius 2 is 1.77 bits per heavy atom. The molecule has 1 aliphatic carbocycles. The van der Waals surface area contributed by atoms with Crippen LogP contribution in [-0.4, -0.2) is 56.9 Å². The molecule has 236 valence electrons. The Balaban J connectivity index is 1.46. The molecule has 0 bridgehead atoms. The van der Waals surface area contributed by atoms with Crippen molar-refractivity contribution in [3.05, 3.63) is 65.7 Å². The van der Waals surface area contributed by atoms with Gasteiger partial charge in [0, 0.05) is 67.4 Å². The van der Waals surface area contributed by atoms with Gasteiger partial charge >= 0.3 is 0 Å². The number of carbonyl (C=O) groups is 1. The van der Waals surface area contributed by atoms with E-state index in [1.54, 1.807) is 18.4 Å². The Kier molecular flexibility index (Phi) is 8.73. The molecule has 2 aliphatic heterocycles. The highest BCUT2D eigenvalue weighted by molar-refractivity contribution is 7.96. The summed E-state index contributed by atoms with van der Waals surface area (Å²) in [5, 5.41) is 1.25. The fourth-order valence-corrected chi connectivity index (χ4v) is 8.35. The molecule has 3 aromatic rings. The van der Waals surface area contributed by atoms with Crippen LogP contribution in [0.1, 0.15) is 93.7 Å². The molecule has 1 saturated carbocycles. The molecule has 6 rings (SSSR count). The molecular weight excluding hydrogens is 565 g/mol. The average molecular weight is 615 g/mol. The van der Waals surface area contributed by atoms with Crippen molar-refractivity contribution in [2.24, 2.45) is 5.41 Å². The van der Waals surface area contributed by atoms with Crippen molar-refractivity contribution in [2.45, 2.75) is 90.0 Å². The monoisotopic (exact) mass is 614 g/mol. The smallest absolute Gasteiger partial charge is 0.231 e. The predicted molar refractivity (Wildman–Crippen MR) is 186 cm³/mol. The van der Waals surface area contributed by atoms with Gasteiger partial charge in [0.15, 0.2) is 0 Å². The highest BCUT2D eigenvalue weighted by Gasteiger charge is 2.63. The van der Waals surface area contributed by atoms with Gasteiger partial charge in [-0.15, -0.1) is 0 Å². The maximum Gasteiger partial charge on any atom is 0.231 e. The first-order valence-electron chi connectivity index (χ1n) is 16.7. The highest BCUT2D eigenvalue weighted by atomic mass is 32.2. The number of likely N-dealkylation sites (tertiary alicyclic amines) is 1.